The third-order valence-electron chi connectivity index (χ3n) is 3.61. The number of guanidine groups is 1. The van der Waals surface area contributed by atoms with Crippen LogP contribution in [0.15, 0.2) is 35.5 Å². The molecule has 0 atom stereocenters. The van der Waals surface area contributed by atoms with E-state index in [2.05, 4.69) is 48.2 Å². The van der Waals surface area contributed by atoms with Crippen molar-refractivity contribution in [3.05, 3.63) is 45.9 Å². The lowest BCUT2D eigenvalue weighted by molar-refractivity contribution is 0.340. The SMILES string of the molecule is CCNC(=NCCc1ncc(C)s1)N(C)Cc1ccc(OCC)cc1.I. The van der Waals surface area contributed by atoms with Gasteiger partial charge in [0.2, 0.25) is 0 Å². The number of nitrogens with zero attached hydrogens (tertiary/aromatic N) is 3. The summed E-state index contributed by atoms with van der Waals surface area (Å²) in [6, 6.07) is 8.23. The maximum atomic E-state index is 5.49. The Morgan fingerprint density at radius 2 is 2.00 bits per heavy atom. The molecule has 0 aliphatic carbocycles. The van der Waals surface area contributed by atoms with Crippen molar-refractivity contribution >= 4 is 41.3 Å². The number of aliphatic imine (C=N–C) groups is 1. The molecule has 1 aromatic heterocycles. The predicted molar refractivity (Wildman–Crippen MR) is 121 cm³/mol. The smallest absolute Gasteiger partial charge is 0.193 e. The monoisotopic (exact) mass is 488 g/mol. The zero-order valence-electron chi connectivity index (χ0n) is 16.0. The van der Waals surface area contributed by atoms with Crippen molar-refractivity contribution < 1.29 is 4.74 Å². The molecule has 0 aliphatic rings. The van der Waals surface area contributed by atoms with Crippen molar-refractivity contribution in [2.75, 3.05) is 26.7 Å². The molecule has 144 valence electrons. The Kier molecular flexibility index (Phi) is 10.6. The number of aryl methyl sites for hydroxylation is 1. The molecule has 0 bridgehead atoms. The Morgan fingerprint density at radius 3 is 2.58 bits per heavy atom. The molecule has 7 heteroatoms. The summed E-state index contributed by atoms with van der Waals surface area (Å²) in [7, 11) is 2.06. The lowest BCUT2D eigenvalue weighted by Gasteiger charge is -2.22. The predicted octanol–water partition coefficient (Wildman–Crippen LogP) is 4.11. The quantitative estimate of drug-likeness (QED) is 0.345. The Labute approximate surface area is 177 Å². The average Bonchev–Trinajstić information content (AvgIpc) is 3.01. The number of aromatic nitrogens is 1. The van der Waals surface area contributed by atoms with Gasteiger partial charge in [0.25, 0.3) is 0 Å². The molecule has 0 radical (unpaired) electrons. The Morgan fingerprint density at radius 1 is 1.27 bits per heavy atom. The van der Waals surface area contributed by atoms with Crippen molar-refractivity contribution in [2.24, 2.45) is 4.99 Å². The van der Waals surface area contributed by atoms with Crippen LogP contribution in [0.5, 0.6) is 5.75 Å². The standard InChI is InChI=1S/C19H28N4OS.HI/c1-5-20-19(21-12-11-18-22-13-15(3)25-18)23(4)14-16-7-9-17(10-8-16)24-6-2;/h7-10,13H,5-6,11-12,14H2,1-4H3,(H,20,21);1H. The fourth-order valence-electron chi connectivity index (χ4n) is 2.45. The highest BCUT2D eigenvalue weighted by atomic mass is 127. The van der Waals surface area contributed by atoms with Gasteiger partial charge in [-0.1, -0.05) is 12.1 Å². The Hall–Kier alpha value is -1.35. The van der Waals surface area contributed by atoms with E-state index in [1.165, 1.54) is 10.4 Å². The van der Waals surface area contributed by atoms with E-state index in [1.807, 2.05) is 25.3 Å². The summed E-state index contributed by atoms with van der Waals surface area (Å²) in [5.41, 5.74) is 1.23. The number of nitrogens with one attached hydrogen (secondary N) is 1. The van der Waals surface area contributed by atoms with Crippen LogP contribution in [0.2, 0.25) is 0 Å². The number of ether oxygens (including phenoxy) is 1. The summed E-state index contributed by atoms with van der Waals surface area (Å²) < 4.78 is 5.49. The van der Waals surface area contributed by atoms with Crippen molar-refractivity contribution in [1.29, 1.82) is 0 Å². The van der Waals surface area contributed by atoms with E-state index in [4.69, 9.17) is 9.73 Å². The van der Waals surface area contributed by atoms with Crippen LogP contribution < -0.4 is 10.1 Å². The summed E-state index contributed by atoms with van der Waals surface area (Å²) in [4.78, 5) is 12.5. The van der Waals surface area contributed by atoms with Crippen molar-refractivity contribution in [3.63, 3.8) is 0 Å². The molecule has 0 saturated heterocycles. The van der Waals surface area contributed by atoms with Gasteiger partial charge in [0.05, 0.1) is 11.6 Å². The first-order valence-electron chi connectivity index (χ1n) is 8.74. The molecule has 1 aromatic carbocycles. The van der Waals surface area contributed by atoms with Gasteiger partial charge >= 0.3 is 0 Å². The zero-order valence-corrected chi connectivity index (χ0v) is 19.1. The minimum atomic E-state index is 0. The number of rotatable bonds is 8. The van der Waals surface area contributed by atoms with E-state index in [0.717, 1.165) is 42.8 Å². The fourth-order valence-corrected chi connectivity index (χ4v) is 3.23. The van der Waals surface area contributed by atoms with Crippen molar-refractivity contribution in [1.82, 2.24) is 15.2 Å². The van der Waals surface area contributed by atoms with Crippen LogP contribution in [-0.2, 0) is 13.0 Å². The molecule has 2 rings (SSSR count). The Balaban J connectivity index is 0.00000338. The second-order valence-electron chi connectivity index (χ2n) is 5.78. The summed E-state index contributed by atoms with van der Waals surface area (Å²) in [6.07, 6.45) is 2.80. The van der Waals surface area contributed by atoms with Gasteiger partial charge in [-0.25, -0.2) is 4.98 Å². The number of benzene rings is 1. The highest BCUT2D eigenvalue weighted by Crippen LogP contribution is 2.14. The van der Waals surface area contributed by atoms with Gasteiger partial charge in [0.1, 0.15) is 5.75 Å². The minimum absolute atomic E-state index is 0. The number of hydrogen-bond acceptors (Lipinski definition) is 4. The van der Waals surface area contributed by atoms with Crippen LogP contribution in [0.25, 0.3) is 0 Å². The van der Waals surface area contributed by atoms with E-state index in [-0.39, 0.29) is 24.0 Å². The van der Waals surface area contributed by atoms with Gasteiger partial charge in [-0.2, -0.15) is 0 Å². The van der Waals surface area contributed by atoms with Crippen LogP contribution in [0.1, 0.15) is 29.3 Å². The molecule has 0 spiro atoms. The molecule has 0 saturated carbocycles. The molecule has 0 amide bonds. The first kappa shape index (κ1) is 22.7. The Bertz CT molecular complexity index is 672. The maximum absolute atomic E-state index is 5.49. The van der Waals surface area contributed by atoms with Crippen LogP contribution in [0.3, 0.4) is 0 Å². The fraction of sp³-hybridized carbons (Fsp3) is 0.474. The van der Waals surface area contributed by atoms with Crippen molar-refractivity contribution in [3.8, 4) is 5.75 Å². The third kappa shape index (κ3) is 7.49. The molecular formula is C19H29IN4OS. The molecule has 5 nitrogen and oxygen atoms in total. The maximum Gasteiger partial charge on any atom is 0.193 e. The van der Waals surface area contributed by atoms with E-state index in [9.17, 15) is 0 Å². The second-order valence-corrected chi connectivity index (χ2v) is 7.10. The first-order valence-corrected chi connectivity index (χ1v) is 9.56. The zero-order chi connectivity index (χ0) is 18.1. The first-order chi connectivity index (χ1) is 12.1. The minimum Gasteiger partial charge on any atom is -0.494 e. The van der Waals surface area contributed by atoms with Crippen LogP contribution in [0, 0.1) is 6.92 Å². The third-order valence-corrected chi connectivity index (χ3v) is 4.58. The highest BCUT2D eigenvalue weighted by molar-refractivity contribution is 14.0. The van der Waals surface area contributed by atoms with Gasteiger partial charge in [0, 0.05) is 44.2 Å². The summed E-state index contributed by atoms with van der Waals surface area (Å²) in [5, 5.41) is 4.50. The van der Waals surface area contributed by atoms with E-state index >= 15 is 0 Å². The molecule has 1 heterocycles. The topological polar surface area (TPSA) is 49.8 Å². The molecular weight excluding hydrogens is 459 g/mol. The van der Waals surface area contributed by atoms with E-state index < -0.39 is 0 Å². The average molecular weight is 488 g/mol. The molecule has 26 heavy (non-hydrogen) atoms. The van der Waals surface area contributed by atoms with Crippen molar-refractivity contribution in [2.45, 2.75) is 33.7 Å². The summed E-state index contributed by atoms with van der Waals surface area (Å²) in [5.74, 6) is 1.83. The number of hydrogen-bond donors (Lipinski definition) is 1. The summed E-state index contributed by atoms with van der Waals surface area (Å²) in [6.45, 7) is 9.24. The molecule has 0 unspecified atom stereocenters. The number of thiazole rings is 1. The lowest BCUT2D eigenvalue weighted by Crippen LogP contribution is -2.38. The van der Waals surface area contributed by atoms with Gasteiger partial charge in [-0.3, -0.25) is 4.99 Å². The normalized spacial score (nSPS) is 11.0. The number of halogens is 1. The van der Waals surface area contributed by atoms with Crippen LogP contribution in [0.4, 0.5) is 0 Å². The van der Waals surface area contributed by atoms with Gasteiger partial charge in [-0.15, -0.1) is 35.3 Å². The highest BCUT2D eigenvalue weighted by Gasteiger charge is 2.07. The van der Waals surface area contributed by atoms with E-state index in [0.29, 0.717) is 6.61 Å². The molecule has 0 aliphatic heterocycles. The summed E-state index contributed by atoms with van der Waals surface area (Å²) >= 11 is 1.74. The molecule has 1 N–H and O–H groups in total. The van der Waals surface area contributed by atoms with Crippen LogP contribution >= 0.6 is 35.3 Å². The lowest BCUT2D eigenvalue weighted by atomic mass is 10.2. The van der Waals surface area contributed by atoms with Gasteiger partial charge in [-0.05, 0) is 38.5 Å². The largest absolute Gasteiger partial charge is 0.494 e. The molecule has 0 fully saturated rings. The molecule has 2 aromatic rings. The van der Waals surface area contributed by atoms with Gasteiger partial charge in [0.15, 0.2) is 5.96 Å². The van der Waals surface area contributed by atoms with Crippen LogP contribution in [-0.4, -0.2) is 42.6 Å². The van der Waals surface area contributed by atoms with E-state index in [1.54, 1.807) is 11.3 Å². The van der Waals surface area contributed by atoms with Gasteiger partial charge < -0.3 is 15.0 Å². The second kappa shape index (κ2) is 12.1.